The van der Waals surface area contributed by atoms with Crippen molar-refractivity contribution in [2.75, 3.05) is 0 Å². The van der Waals surface area contributed by atoms with E-state index < -0.39 is 0 Å². The van der Waals surface area contributed by atoms with Crippen molar-refractivity contribution >= 4 is 17.2 Å². The fourth-order valence-corrected chi connectivity index (χ4v) is 1.40. The standard InChI is InChI=1S/C9H11N3OS/c10-8(14)7-4-5-11-12-9(7)13-6-2-1-3-6/h4-6H,1-3H2,(H2,10,14). The minimum Gasteiger partial charge on any atom is -0.473 e. The molecule has 0 radical (unpaired) electrons. The molecule has 1 aromatic heterocycles. The maximum Gasteiger partial charge on any atom is 0.244 e. The van der Waals surface area contributed by atoms with Crippen molar-refractivity contribution in [2.24, 2.45) is 5.73 Å². The van der Waals surface area contributed by atoms with E-state index in [1.54, 1.807) is 12.3 Å². The molecule has 1 fully saturated rings. The maximum absolute atomic E-state index is 5.60. The van der Waals surface area contributed by atoms with E-state index in [1.165, 1.54) is 6.42 Å². The van der Waals surface area contributed by atoms with Gasteiger partial charge in [0.25, 0.3) is 0 Å². The van der Waals surface area contributed by atoms with Gasteiger partial charge < -0.3 is 10.5 Å². The number of nitrogens with two attached hydrogens (primary N) is 1. The van der Waals surface area contributed by atoms with Crippen molar-refractivity contribution in [3.8, 4) is 5.88 Å². The molecule has 0 spiro atoms. The van der Waals surface area contributed by atoms with Crippen molar-refractivity contribution < 1.29 is 4.74 Å². The Morgan fingerprint density at radius 3 is 2.93 bits per heavy atom. The van der Waals surface area contributed by atoms with Crippen molar-refractivity contribution in [3.63, 3.8) is 0 Å². The van der Waals surface area contributed by atoms with Gasteiger partial charge in [-0.1, -0.05) is 12.2 Å². The minimum absolute atomic E-state index is 0.264. The topological polar surface area (TPSA) is 61.0 Å². The Hall–Kier alpha value is -1.23. The molecule has 0 unspecified atom stereocenters. The molecule has 4 nitrogen and oxygen atoms in total. The van der Waals surface area contributed by atoms with E-state index in [-0.39, 0.29) is 6.10 Å². The molecule has 2 N–H and O–H groups in total. The van der Waals surface area contributed by atoms with Crippen LogP contribution in [0.3, 0.4) is 0 Å². The van der Waals surface area contributed by atoms with E-state index >= 15 is 0 Å². The Kier molecular flexibility index (Phi) is 2.58. The van der Waals surface area contributed by atoms with Gasteiger partial charge in [0, 0.05) is 0 Å². The van der Waals surface area contributed by atoms with Gasteiger partial charge in [-0.05, 0) is 25.3 Å². The van der Waals surface area contributed by atoms with E-state index in [0.717, 1.165) is 12.8 Å². The lowest BCUT2D eigenvalue weighted by Crippen LogP contribution is -2.26. The molecule has 0 saturated heterocycles. The first-order valence-electron chi connectivity index (χ1n) is 4.55. The number of thiocarbonyl (C=S) groups is 1. The number of hydrogen-bond acceptors (Lipinski definition) is 4. The zero-order chi connectivity index (χ0) is 9.97. The van der Waals surface area contributed by atoms with Crippen LogP contribution in [0.2, 0.25) is 0 Å². The van der Waals surface area contributed by atoms with E-state index in [4.69, 9.17) is 22.7 Å². The van der Waals surface area contributed by atoms with Crippen LogP contribution < -0.4 is 10.5 Å². The highest BCUT2D eigenvalue weighted by atomic mass is 32.1. The molecule has 0 amide bonds. The van der Waals surface area contributed by atoms with Gasteiger partial charge in [0.15, 0.2) is 0 Å². The first-order chi connectivity index (χ1) is 6.77. The summed E-state index contributed by atoms with van der Waals surface area (Å²) >= 11 is 4.89. The zero-order valence-corrected chi connectivity index (χ0v) is 8.46. The number of hydrogen-bond donors (Lipinski definition) is 1. The lowest BCUT2D eigenvalue weighted by molar-refractivity contribution is 0.113. The predicted molar refractivity (Wildman–Crippen MR) is 56.2 cm³/mol. The second kappa shape index (κ2) is 3.88. The molecule has 14 heavy (non-hydrogen) atoms. The SMILES string of the molecule is NC(=S)c1ccnnc1OC1CCC1. The zero-order valence-electron chi connectivity index (χ0n) is 7.64. The fraction of sp³-hybridized carbons (Fsp3) is 0.444. The third-order valence-electron chi connectivity index (χ3n) is 2.28. The second-order valence-electron chi connectivity index (χ2n) is 3.29. The van der Waals surface area contributed by atoms with Gasteiger partial charge in [0.2, 0.25) is 5.88 Å². The van der Waals surface area contributed by atoms with Gasteiger partial charge in [-0.15, -0.1) is 5.10 Å². The third kappa shape index (κ3) is 1.82. The highest BCUT2D eigenvalue weighted by Crippen LogP contribution is 2.25. The summed E-state index contributed by atoms with van der Waals surface area (Å²) in [6.07, 6.45) is 5.19. The monoisotopic (exact) mass is 209 g/mol. The smallest absolute Gasteiger partial charge is 0.244 e. The van der Waals surface area contributed by atoms with E-state index in [9.17, 15) is 0 Å². The molecule has 0 aromatic carbocycles. The number of rotatable bonds is 3. The Bertz CT molecular complexity index is 352. The number of nitrogens with zero attached hydrogens (tertiary/aromatic N) is 2. The van der Waals surface area contributed by atoms with Crippen LogP contribution >= 0.6 is 12.2 Å². The average molecular weight is 209 g/mol. The highest BCUT2D eigenvalue weighted by molar-refractivity contribution is 7.80. The number of aromatic nitrogens is 2. The van der Waals surface area contributed by atoms with Crippen molar-refractivity contribution in [1.29, 1.82) is 0 Å². The van der Waals surface area contributed by atoms with Gasteiger partial charge in [-0.3, -0.25) is 0 Å². The summed E-state index contributed by atoms with van der Waals surface area (Å²) in [5, 5.41) is 7.63. The molecule has 2 rings (SSSR count). The Balaban J connectivity index is 2.17. The summed E-state index contributed by atoms with van der Waals surface area (Å²) in [6.45, 7) is 0. The molecule has 74 valence electrons. The lowest BCUT2D eigenvalue weighted by Gasteiger charge is -2.26. The molecule has 1 aliphatic carbocycles. The normalized spacial score (nSPS) is 16.0. The van der Waals surface area contributed by atoms with Crippen molar-refractivity contribution in [2.45, 2.75) is 25.4 Å². The van der Waals surface area contributed by atoms with Crippen LogP contribution in [0.1, 0.15) is 24.8 Å². The van der Waals surface area contributed by atoms with Crippen LogP contribution in [0.5, 0.6) is 5.88 Å². The number of ether oxygens (including phenoxy) is 1. The quantitative estimate of drug-likeness (QED) is 0.754. The molecule has 0 bridgehead atoms. The van der Waals surface area contributed by atoms with Crippen LogP contribution in [0.25, 0.3) is 0 Å². The van der Waals surface area contributed by atoms with Crippen LogP contribution in [-0.2, 0) is 0 Å². The van der Waals surface area contributed by atoms with Gasteiger partial charge >= 0.3 is 0 Å². The molecular formula is C9H11N3OS. The first-order valence-corrected chi connectivity index (χ1v) is 4.96. The van der Waals surface area contributed by atoms with Crippen LogP contribution in [0.4, 0.5) is 0 Å². The van der Waals surface area contributed by atoms with Gasteiger partial charge in [0.05, 0.1) is 11.8 Å². The summed E-state index contributed by atoms with van der Waals surface area (Å²) in [4.78, 5) is 0.300. The second-order valence-corrected chi connectivity index (χ2v) is 3.72. The lowest BCUT2D eigenvalue weighted by atomic mass is 9.96. The van der Waals surface area contributed by atoms with E-state index in [2.05, 4.69) is 10.2 Å². The predicted octanol–water partition coefficient (Wildman–Crippen LogP) is 1.04. The van der Waals surface area contributed by atoms with Crippen LogP contribution in [-0.4, -0.2) is 21.3 Å². The summed E-state index contributed by atoms with van der Waals surface area (Å²) in [7, 11) is 0. The van der Waals surface area contributed by atoms with Crippen LogP contribution in [0, 0.1) is 0 Å². The summed E-state index contributed by atoms with van der Waals surface area (Å²) in [6, 6.07) is 1.73. The molecule has 5 heteroatoms. The van der Waals surface area contributed by atoms with Crippen molar-refractivity contribution in [3.05, 3.63) is 17.8 Å². The van der Waals surface area contributed by atoms with Gasteiger partial charge in [-0.2, -0.15) is 5.10 Å². The Labute approximate surface area is 87.5 Å². The first kappa shape index (κ1) is 9.33. The maximum atomic E-state index is 5.60. The van der Waals surface area contributed by atoms with Crippen LogP contribution in [0.15, 0.2) is 12.3 Å². The minimum atomic E-state index is 0.264. The molecule has 1 aliphatic rings. The molecular weight excluding hydrogens is 198 g/mol. The molecule has 0 atom stereocenters. The summed E-state index contributed by atoms with van der Waals surface area (Å²) < 4.78 is 5.60. The molecule has 1 heterocycles. The van der Waals surface area contributed by atoms with Gasteiger partial charge in [0.1, 0.15) is 11.1 Å². The van der Waals surface area contributed by atoms with Gasteiger partial charge in [-0.25, -0.2) is 0 Å². The fourth-order valence-electron chi connectivity index (χ4n) is 1.24. The van der Waals surface area contributed by atoms with E-state index in [1.807, 2.05) is 0 Å². The molecule has 1 saturated carbocycles. The molecule has 0 aliphatic heterocycles. The largest absolute Gasteiger partial charge is 0.473 e. The Morgan fingerprint density at radius 2 is 2.36 bits per heavy atom. The molecule has 1 aromatic rings. The summed E-state index contributed by atoms with van der Waals surface area (Å²) in [5.41, 5.74) is 6.20. The average Bonchev–Trinajstić information content (AvgIpc) is 2.12. The van der Waals surface area contributed by atoms with E-state index in [0.29, 0.717) is 16.4 Å². The summed E-state index contributed by atoms with van der Waals surface area (Å²) in [5.74, 6) is 0.463. The third-order valence-corrected chi connectivity index (χ3v) is 2.50. The Morgan fingerprint density at radius 1 is 1.57 bits per heavy atom. The highest BCUT2D eigenvalue weighted by Gasteiger charge is 2.21. The van der Waals surface area contributed by atoms with Crippen molar-refractivity contribution in [1.82, 2.24) is 10.2 Å².